The van der Waals surface area contributed by atoms with Crippen molar-refractivity contribution < 1.29 is 5.21 Å². The highest BCUT2D eigenvalue weighted by molar-refractivity contribution is 6.06. The van der Waals surface area contributed by atoms with Gasteiger partial charge in [-0.25, -0.2) is 0 Å². The molecular weight excluding hydrogens is 200 g/mol. The molecule has 0 aliphatic heterocycles. The Bertz CT molecular complexity index is 581. The highest BCUT2D eigenvalue weighted by atomic mass is 16.4. The number of hydrogen-bond donors (Lipinski definition) is 1. The summed E-state index contributed by atoms with van der Waals surface area (Å²) in [5.41, 5.74) is 4.47. The zero-order valence-corrected chi connectivity index (χ0v) is 9.27. The molecule has 0 saturated heterocycles. The van der Waals surface area contributed by atoms with Crippen LogP contribution in [0.15, 0.2) is 29.4 Å². The highest BCUT2D eigenvalue weighted by Gasteiger charge is 2.22. The average molecular weight is 214 g/mol. The maximum absolute atomic E-state index is 9.06. The van der Waals surface area contributed by atoms with Gasteiger partial charge in [0, 0.05) is 18.0 Å². The van der Waals surface area contributed by atoms with E-state index in [4.69, 9.17) is 5.21 Å². The molecule has 1 heterocycles. The Balaban J connectivity index is 2.42. The van der Waals surface area contributed by atoms with Crippen LogP contribution in [0.2, 0.25) is 0 Å². The topological polar surface area (TPSA) is 37.5 Å². The van der Waals surface area contributed by atoms with Crippen LogP contribution in [0.3, 0.4) is 0 Å². The third-order valence-corrected chi connectivity index (χ3v) is 3.45. The molecule has 0 radical (unpaired) electrons. The fraction of sp³-hybridized carbons (Fsp3) is 0.308. The van der Waals surface area contributed by atoms with Gasteiger partial charge in [0.15, 0.2) is 0 Å². The fourth-order valence-corrected chi connectivity index (χ4v) is 2.74. The van der Waals surface area contributed by atoms with Gasteiger partial charge >= 0.3 is 0 Å². The minimum Gasteiger partial charge on any atom is -0.411 e. The molecule has 1 N–H and O–H groups in total. The van der Waals surface area contributed by atoms with E-state index in [1.165, 1.54) is 16.5 Å². The molecule has 1 aromatic carbocycles. The third kappa shape index (κ3) is 1.11. The summed E-state index contributed by atoms with van der Waals surface area (Å²) >= 11 is 0. The number of nitrogens with zero attached hydrogens (tertiary/aromatic N) is 2. The van der Waals surface area contributed by atoms with E-state index in [9.17, 15) is 0 Å². The maximum Gasteiger partial charge on any atom is 0.103 e. The van der Waals surface area contributed by atoms with Crippen LogP contribution in [0.5, 0.6) is 0 Å². The van der Waals surface area contributed by atoms with Crippen LogP contribution >= 0.6 is 0 Å². The van der Waals surface area contributed by atoms with Gasteiger partial charge in [-0.3, -0.25) is 0 Å². The molecule has 0 unspecified atom stereocenters. The first-order valence-corrected chi connectivity index (χ1v) is 5.60. The molecule has 1 aliphatic carbocycles. The maximum atomic E-state index is 9.06. The number of hydrogen-bond acceptors (Lipinski definition) is 2. The molecule has 3 nitrogen and oxygen atoms in total. The second kappa shape index (κ2) is 3.37. The minimum absolute atomic E-state index is 0.819. The van der Waals surface area contributed by atoms with E-state index in [0.29, 0.717) is 0 Å². The van der Waals surface area contributed by atoms with E-state index in [1.54, 1.807) is 0 Å². The van der Waals surface area contributed by atoms with E-state index < -0.39 is 0 Å². The molecule has 2 aromatic rings. The van der Waals surface area contributed by atoms with Crippen LogP contribution in [-0.2, 0) is 13.5 Å². The number of benzene rings is 1. The lowest BCUT2D eigenvalue weighted by Crippen LogP contribution is -2.14. The Labute approximate surface area is 94.0 Å². The first kappa shape index (κ1) is 9.46. The summed E-state index contributed by atoms with van der Waals surface area (Å²) in [5, 5.41) is 13.8. The van der Waals surface area contributed by atoms with Gasteiger partial charge in [-0.2, -0.15) is 0 Å². The van der Waals surface area contributed by atoms with Crippen LogP contribution in [0.4, 0.5) is 0 Å². The van der Waals surface area contributed by atoms with Crippen molar-refractivity contribution in [3.8, 4) is 0 Å². The van der Waals surface area contributed by atoms with Crippen LogP contribution in [0.25, 0.3) is 10.9 Å². The molecule has 82 valence electrons. The molecule has 0 atom stereocenters. The van der Waals surface area contributed by atoms with E-state index in [0.717, 1.165) is 30.7 Å². The van der Waals surface area contributed by atoms with Gasteiger partial charge < -0.3 is 9.77 Å². The van der Waals surface area contributed by atoms with Crippen molar-refractivity contribution in [2.75, 3.05) is 0 Å². The van der Waals surface area contributed by atoms with Gasteiger partial charge in [0.2, 0.25) is 0 Å². The second-order valence-electron chi connectivity index (χ2n) is 4.30. The summed E-state index contributed by atoms with van der Waals surface area (Å²) in [7, 11) is 2.04. The Morgan fingerprint density at radius 2 is 2.06 bits per heavy atom. The lowest BCUT2D eigenvalue weighted by Gasteiger charge is -2.14. The fourth-order valence-electron chi connectivity index (χ4n) is 2.74. The minimum atomic E-state index is 0.819. The number of rotatable bonds is 0. The van der Waals surface area contributed by atoms with E-state index >= 15 is 0 Å². The van der Waals surface area contributed by atoms with Gasteiger partial charge in [-0.1, -0.05) is 23.4 Å². The van der Waals surface area contributed by atoms with Crippen molar-refractivity contribution in [3.63, 3.8) is 0 Å². The van der Waals surface area contributed by atoms with Gasteiger partial charge in [0.1, 0.15) is 5.71 Å². The summed E-state index contributed by atoms with van der Waals surface area (Å²) in [6.07, 6.45) is 3.02. The van der Waals surface area contributed by atoms with Crippen molar-refractivity contribution in [1.29, 1.82) is 0 Å². The van der Waals surface area contributed by atoms with Crippen LogP contribution in [0, 0.1) is 0 Å². The van der Waals surface area contributed by atoms with Crippen molar-refractivity contribution in [3.05, 3.63) is 35.5 Å². The molecule has 0 fully saturated rings. The predicted molar refractivity (Wildman–Crippen MR) is 64.2 cm³/mol. The number of aromatic nitrogens is 1. The largest absolute Gasteiger partial charge is 0.411 e. The quantitative estimate of drug-likeness (QED) is 0.531. The molecule has 1 aromatic heterocycles. The number of fused-ring (bicyclic) bond motifs is 3. The van der Waals surface area contributed by atoms with Crippen molar-refractivity contribution in [2.24, 2.45) is 12.2 Å². The Morgan fingerprint density at radius 1 is 1.25 bits per heavy atom. The summed E-state index contributed by atoms with van der Waals surface area (Å²) in [4.78, 5) is 0. The third-order valence-electron chi connectivity index (χ3n) is 3.45. The normalized spacial score (nSPS) is 17.9. The van der Waals surface area contributed by atoms with Gasteiger partial charge in [0.25, 0.3) is 0 Å². The monoisotopic (exact) mass is 214 g/mol. The van der Waals surface area contributed by atoms with E-state index in [2.05, 4.69) is 27.9 Å². The molecule has 0 amide bonds. The molecule has 1 aliphatic rings. The summed E-state index contributed by atoms with van der Waals surface area (Å²) in [6.45, 7) is 0. The second-order valence-corrected chi connectivity index (χ2v) is 4.30. The predicted octanol–water partition coefficient (Wildman–Crippen LogP) is 2.69. The van der Waals surface area contributed by atoms with Gasteiger partial charge in [-0.15, -0.1) is 0 Å². The first-order valence-electron chi connectivity index (χ1n) is 5.60. The van der Waals surface area contributed by atoms with E-state index in [-0.39, 0.29) is 0 Å². The zero-order valence-electron chi connectivity index (χ0n) is 9.27. The van der Waals surface area contributed by atoms with Crippen LogP contribution in [0.1, 0.15) is 24.1 Å². The molecule has 0 spiro atoms. The average Bonchev–Trinajstić information content (AvgIpc) is 2.64. The lowest BCUT2D eigenvalue weighted by atomic mass is 9.94. The Kier molecular flexibility index (Phi) is 1.99. The molecule has 16 heavy (non-hydrogen) atoms. The molecular formula is C13H14N2O. The van der Waals surface area contributed by atoms with E-state index in [1.807, 2.05) is 13.1 Å². The van der Waals surface area contributed by atoms with Crippen molar-refractivity contribution in [2.45, 2.75) is 19.3 Å². The highest BCUT2D eigenvalue weighted by Crippen LogP contribution is 2.31. The Hall–Kier alpha value is -1.77. The van der Waals surface area contributed by atoms with Crippen LogP contribution < -0.4 is 0 Å². The van der Waals surface area contributed by atoms with Gasteiger partial charge in [0.05, 0.1) is 5.69 Å². The van der Waals surface area contributed by atoms with Gasteiger partial charge in [-0.05, 0) is 30.9 Å². The summed E-state index contributed by atoms with van der Waals surface area (Å²) in [6, 6.07) is 8.37. The number of para-hydroxylation sites is 1. The number of aryl methyl sites for hydroxylation is 2. The molecule has 0 bridgehead atoms. The standard InChI is InChI=1S/C13H14N2O/c1-15-12-8-3-2-5-9(12)10-6-4-7-11(14-16)13(10)15/h2-3,5,8,16H,4,6-7H2,1H3. The lowest BCUT2D eigenvalue weighted by molar-refractivity contribution is 0.317. The van der Waals surface area contributed by atoms with Crippen molar-refractivity contribution >= 4 is 16.6 Å². The smallest absolute Gasteiger partial charge is 0.103 e. The number of oxime groups is 1. The van der Waals surface area contributed by atoms with Crippen LogP contribution in [-0.4, -0.2) is 15.5 Å². The van der Waals surface area contributed by atoms with Crippen molar-refractivity contribution in [1.82, 2.24) is 4.57 Å². The molecule has 0 saturated carbocycles. The Morgan fingerprint density at radius 3 is 2.88 bits per heavy atom. The zero-order chi connectivity index (χ0) is 11.1. The molecule has 3 heteroatoms. The summed E-state index contributed by atoms with van der Waals surface area (Å²) < 4.78 is 2.14. The first-order chi connectivity index (χ1) is 7.83. The summed E-state index contributed by atoms with van der Waals surface area (Å²) in [5.74, 6) is 0. The SMILES string of the molecule is Cn1c2c(c3ccccc31)CCCC2=NO. The molecule has 3 rings (SSSR count).